The summed E-state index contributed by atoms with van der Waals surface area (Å²) < 4.78 is 23.3. The Balaban J connectivity index is 2.50. The molecular weight excluding hydrogens is 392 g/mol. The molecule has 0 atom stereocenters. The van der Waals surface area contributed by atoms with Crippen LogP contribution in [0.5, 0.6) is 5.88 Å². The highest BCUT2D eigenvalue weighted by molar-refractivity contribution is 7.89. The van der Waals surface area contributed by atoms with E-state index in [4.69, 9.17) is 11.7 Å². The quantitative estimate of drug-likeness (QED) is 0.556. The van der Waals surface area contributed by atoms with Crippen molar-refractivity contribution in [3.8, 4) is 5.88 Å². The molecule has 0 amide bonds. The zero-order valence-corrected chi connectivity index (χ0v) is 17.2. The molecule has 3 N–H and O–H groups in total. The number of aromatic nitrogens is 1. The van der Waals surface area contributed by atoms with Crippen LogP contribution in [0.4, 0.5) is 11.4 Å². The van der Waals surface area contributed by atoms with E-state index in [2.05, 4.69) is 10.6 Å². The predicted molar refractivity (Wildman–Crippen MR) is 115 cm³/mol. The van der Waals surface area contributed by atoms with Gasteiger partial charge in [0, 0.05) is 31.9 Å². The van der Waals surface area contributed by atoms with E-state index in [1.54, 1.807) is 6.08 Å². The molecule has 0 bridgehead atoms. The first-order valence-corrected chi connectivity index (χ1v) is 10.3. The molecule has 1 heterocycles. The number of anilines is 1. The van der Waals surface area contributed by atoms with E-state index in [1.165, 1.54) is 13.0 Å². The summed E-state index contributed by atoms with van der Waals surface area (Å²) in [6.45, 7) is 8.45. The Morgan fingerprint density at radius 1 is 1.28 bits per heavy atom. The van der Waals surface area contributed by atoms with Crippen LogP contribution in [-0.4, -0.2) is 37.9 Å². The van der Waals surface area contributed by atoms with Crippen molar-refractivity contribution in [1.82, 2.24) is 4.57 Å². The van der Waals surface area contributed by atoms with Crippen molar-refractivity contribution in [2.45, 2.75) is 13.5 Å². The van der Waals surface area contributed by atoms with Crippen LogP contribution in [0.1, 0.15) is 16.7 Å². The molecule has 0 aliphatic rings. The average Bonchev–Trinajstić information content (AvgIpc) is 2.64. The highest BCUT2D eigenvalue weighted by Crippen LogP contribution is 2.31. The van der Waals surface area contributed by atoms with Gasteiger partial charge in [-0.25, -0.2) is 18.4 Å². The Labute approximate surface area is 169 Å². The molecule has 0 unspecified atom stereocenters. The number of nitrogens with zero attached hydrogens (tertiary/aromatic N) is 3. The topological polar surface area (TPSA) is 110 Å². The van der Waals surface area contributed by atoms with Gasteiger partial charge >= 0.3 is 0 Å². The second-order valence-corrected chi connectivity index (χ2v) is 8.32. The molecule has 0 saturated carbocycles. The van der Waals surface area contributed by atoms with Crippen LogP contribution in [0, 0.1) is 13.5 Å². The summed E-state index contributed by atoms with van der Waals surface area (Å²) in [7, 11) is 0.0326. The number of hydrogen-bond donors (Lipinski definition) is 2. The summed E-state index contributed by atoms with van der Waals surface area (Å²) in [5.41, 5.74) is 4.51. The molecule has 0 spiro atoms. The predicted octanol–water partition coefficient (Wildman–Crippen LogP) is 2.09. The fraction of sp³-hybridized carbons (Fsp3) is 0.250. The molecule has 0 fully saturated rings. The monoisotopic (exact) mass is 414 g/mol. The molecule has 0 aliphatic heterocycles. The van der Waals surface area contributed by atoms with Gasteiger partial charge in [0.25, 0.3) is 5.56 Å². The van der Waals surface area contributed by atoms with Crippen LogP contribution in [0.15, 0.2) is 34.8 Å². The normalized spacial score (nSPS) is 10.7. The Kier molecular flexibility index (Phi) is 6.67. The average molecular weight is 414 g/mol. The Morgan fingerprint density at radius 3 is 2.41 bits per heavy atom. The van der Waals surface area contributed by atoms with Crippen molar-refractivity contribution >= 4 is 33.6 Å². The smallest absolute Gasteiger partial charge is 0.259 e. The lowest BCUT2D eigenvalue weighted by atomic mass is 10.1. The van der Waals surface area contributed by atoms with Gasteiger partial charge in [-0.3, -0.25) is 9.36 Å². The second-order valence-electron chi connectivity index (χ2n) is 6.59. The number of primary sulfonamides is 1. The maximum atomic E-state index is 12.7. The second kappa shape index (κ2) is 8.80. The summed E-state index contributed by atoms with van der Waals surface area (Å²) in [6, 6.07) is 7.68. The number of nitrogens with two attached hydrogens (primary N) is 1. The van der Waals surface area contributed by atoms with E-state index in [9.17, 15) is 18.3 Å². The van der Waals surface area contributed by atoms with Gasteiger partial charge in [-0.2, -0.15) is 0 Å². The number of sulfonamides is 1. The van der Waals surface area contributed by atoms with Crippen LogP contribution in [0.3, 0.4) is 0 Å². The van der Waals surface area contributed by atoms with E-state index in [1.807, 2.05) is 43.3 Å². The van der Waals surface area contributed by atoms with E-state index >= 15 is 0 Å². The summed E-state index contributed by atoms with van der Waals surface area (Å²) in [4.78, 5) is 18.0. The van der Waals surface area contributed by atoms with Crippen molar-refractivity contribution in [2.75, 3.05) is 24.7 Å². The van der Waals surface area contributed by atoms with E-state index in [-0.39, 0.29) is 17.8 Å². The fourth-order valence-electron chi connectivity index (χ4n) is 2.64. The molecule has 0 saturated heterocycles. The number of benzene rings is 1. The summed E-state index contributed by atoms with van der Waals surface area (Å²) in [6.07, 6.45) is 3.09. The molecule has 0 radical (unpaired) electrons. The van der Waals surface area contributed by atoms with Gasteiger partial charge in [0.05, 0.1) is 12.3 Å². The van der Waals surface area contributed by atoms with Gasteiger partial charge in [-0.15, -0.1) is 5.73 Å². The SMILES string of the molecule is [C-]#[N+]c1c(C)c(C=C=Cc2ccc(N(C)C)cc2)c(=O)n(CCS(N)(=O)=O)c1O. The third kappa shape index (κ3) is 5.36. The minimum Gasteiger partial charge on any atom is -0.503 e. The van der Waals surface area contributed by atoms with Gasteiger partial charge in [0.2, 0.25) is 15.7 Å². The third-order valence-corrected chi connectivity index (χ3v) is 5.05. The lowest BCUT2D eigenvalue weighted by molar-refractivity contribution is 0.414. The van der Waals surface area contributed by atoms with Crippen molar-refractivity contribution in [3.05, 3.63) is 68.5 Å². The number of aromatic hydroxyl groups is 1. The van der Waals surface area contributed by atoms with Gasteiger partial charge in [0.15, 0.2) is 5.88 Å². The molecule has 2 aromatic rings. The van der Waals surface area contributed by atoms with Crippen LogP contribution in [-0.2, 0) is 16.6 Å². The molecular formula is C20H22N4O4S. The molecule has 29 heavy (non-hydrogen) atoms. The van der Waals surface area contributed by atoms with Crippen molar-refractivity contribution in [2.24, 2.45) is 5.14 Å². The van der Waals surface area contributed by atoms with E-state index < -0.39 is 27.2 Å². The van der Waals surface area contributed by atoms with Crippen LogP contribution in [0.25, 0.3) is 17.0 Å². The van der Waals surface area contributed by atoms with Crippen LogP contribution >= 0.6 is 0 Å². The molecule has 9 heteroatoms. The lowest BCUT2D eigenvalue weighted by Gasteiger charge is -2.13. The molecule has 2 rings (SSSR count). The van der Waals surface area contributed by atoms with E-state index in [0.717, 1.165) is 15.8 Å². The first kappa shape index (κ1) is 22.0. The fourth-order valence-corrected chi connectivity index (χ4v) is 3.08. The van der Waals surface area contributed by atoms with Crippen molar-refractivity contribution in [1.29, 1.82) is 0 Å². The lowest BCUT2D eigenvalue weighted by Crippen LogP contribution is -2.28. The highest BCUT2D eigenvalue weighted by atomic mass is 32.2. The minimum absolute atomic E-state index is 0.123. The zero-order chi connectivity index (χ0) is 21.8. The minimum atomic E-state index is -3.84. The molecule has 152 valence electrons. The number of hydrogen-bond acceptors (Lipinski definition) is 5. The number of rotatable bonds is 6. The Hall–Kier alpha value is -3.31. The summed E-state index contributed by atoms with van der Waals surface area (Å²) in [5.74, 6) is -1.12. The first-order chi connectivity index (χ1) is 13.5. The van der Waals surface area contributed by atoms with Gasteiger partial charge in [0.1, 0.15) is 0 Å². The maximum Gasteiger partial charge on any atom is 0.259 e. The van der Waals surface area contributed by atoms with Gasteiger partial charge in [-0.05, 0) is 42.3 Å². The first-order valence-electron chi connectivity index (χ1n) is 8.59. The number of pyridine rings is 1. The largest absolute Gasteiger partial charge is 0.503 e. The molecule has 0 aliphatic carbocycles. The maximum absolute atomic E-state index is 12.7. The van der Waals surface area contributed by atoms with Crippen molar-refractivity contribution in [3.63, 3.8) is 0 Å². The Bertz CT molecular complexity index is 1180. The van der Waals surface area contributed by atoms with Crippen LogP contribution < -0.4 is 15.6 Å². The van der Waals surface area contributed by atoms with Gasteiger partial charge in [-0.1, -0.05) is 12.1 Å². The standard InChI is InChI=1S/C20H22N4O4S/c1-14-17(7-5-6-15-8-10-16(11-9-15)23(3)4)19(25)24(12-13-29(21,27)28)20(26)18(14)22-2/h6-11,26H,12-13H2,1,3-4H3,(H2,21,27,28). The molecule has 1 aromatic carbocycles. The highest BCUT2D eigenvalue weighted by Gasteiger charge is 2.18. The third-order valence-electron chi connectivity index (χ3n) is 4.30. The van der Waals surface area contributed by atoms with Crippen molar-refractivity contribution < 1.29 is 13.5 Å². The molecule has 8 nitrogen and oxygen atoms in total. The van der Waals surface area contributed by atoms with Crippen LogP contribution in [0.2, 0.25) is 0 Å². The molecule has 1 aromatic heterocycles. The summed E-state index contributed by atoms with van der Waals surface area (Å²) in [5, 5.41) is 15.2. The summed E-state index contributed by atoms with van der Waals surface area (Å²) >= 11 is 0. The van der Waals surface area contributed by atoms with Gasteiger partial charge < -0.3 is 10.0 Å². The zero-order valence-electron chi connectivity index (χ0n) is 16.4. The van der Waals surface area contributed by atoms with E-state index in [0.29, 0.717) is 5.56 Å². The Morgan fingerprint density at radius 2 is 1.90 bits per heavy atom.